The molecule has 0 bridgehead atoms. The Morgan fingerprint density at radius 1 is 1.05 bits per heavy atom. The molecule has 0 aliphatic heterocycles. The summed E-state index contributed by atoms with van der Waals surface area (Å²) in [6.07, 6.45) is 0. The molecule has 102 valence electrons. The molecule has 0 atom stereocenters. The number of ether oxygens (including phenoxy) is 1. The normalized spacial score (nSPS) is 10.4. The van der Waals surface area contributed by atoms with Gasteiger partial charge in [0.2, 0.25) is 0 Å². The van der Waals surface area contributed by atoms with Gasteiger partial charge < -0.3 is 4.74 Å². The molecule has 2 nitrogen and oxygen atoms in total. The van der Waals surface area contributed by atoms with E-state index in [9.17, 15) is 0 Å². The van der Waals surface area contributed by atoms with Crippen molar-refractivity contribution in [3.63, 3.8) is 0 Å². The molecule has 2 heteroatoms. The largest absolute Gasteiger partial charge is 0.456 e. The molecule has 0 spiro atoms. The Labute approximate surface area is 120 Å². The molecule has 20 heavy (non-hydrogen) atoms. The Hall–Kier alpha value is -2.27. The summed E-state index contributed by atoms with van der Waals surface area (Å²) < 4.78 is 5.85. The molecule has 0 fully saturated rings. The Balaban J connectivity index is 2.32. The maximum absolute atomic E-state index is 9.16. The van der Waals surface area contributed by atoms with E-state index in [2.05, 4.69) is 32.9 Å². The number of nitriles is 1. The van der Waals surface area contributed by atoms with Gasteiger partial charge >= 0.3 is 0 Å². The molecule has 0 aromatic heterocycles. The van der Waals surface area contributed by atoms with Crippen molar-refractivity contribution < 1.29 is 4.74 Å². The molecular formula is C18H19NO. The van der Waals surface area contributed by atoms with Crippen molar-refractivity contribution in [1.29, 1.82) is 5.26 Å². The van der Waals surface area contributed by atoms with E-state index in [1.807, 2.05) is 37.3 Å². The molecule has 0 radical (unpaired) electrons. The van der Waals surface area contributed by atoms with Gasteiger partial charge in [-0.3, -0.25) is 0 Å². The molecule has 0 N–H and O–H groups in total. The highest BCUT2D eigenvalue weighted by Crippen LogP contribution is 2.29. The van der Waals surface area contributed by atoms with Crippen molar-refractivity contribution >= 4 is 0 Å². The lowest BCUT2D eigenvalue weighted by Crippen LogP contribution is -1.94. The molecule has 0 heterocycles. The summed E-state index contributed by atoms with van der Waals surface area (Å²) in [5.74, 6) is 1.88. The van der Waals surface area contributed by atoms with Crippen LogP contribution in [0, 0.1) is 25.2 Å². The predicted octanol–water partition coefficient (Wildman–Crippen LogP) is 5.09. The summed E-state index contributed by atoms with van der Waals surface area (Å²) >= 11 is 0. The fraction of sp³-hybridized carbons (Fsp3) is 0.278. The summed E-state index contributed by atoms with van der Waals surface area (Å²) in [4.78, 5) is 0. The fourth-order valence-corrected chi connectivity index (χ4v) is 2.31. The summed E-state index contributed by atoms with van der Waals surface area (Å²) in [6, 6.07) is 13.9. The molecule has 0 aliphatic rings. The van der Waals surface area contributed by atoms with Gasteiger partial charge in [0.1, 0.15) is 17.6 Å². The highest BCUT2D eigenvalue weighted by Gasteiger charge is 2.08. The van der Waals surface area contributed by atoms with Crippen LogP contribution in [0.5, 0.6) is 11.5 Å². The number of rotatable bonds is 3. The lowest BCUT2D eigenvalue weighted by atomic mass is 9.98. The number of hydrogen-bond acceptors (Lipinski definition) is 2. The van der Waals surface area contributed by atoms with Crippen LogP contribution in [-0.4, -0.2) is 0 Å². The van der Waals surface area contributed by atoms with Gasteiger partial charge in [-0.25, -0.2) is 0 Å². The third-order valence-corrected chi connectivity index (χ3v) is 3.35. The van der Waals surface area contributed by atoms with Gasteiger partial charge in [-0.1, -0.05) is 26.0 Å². The second-order valence-electron chi connectivity index (χ2n) is 5.39. The predicted molar refractivity (Wildman–Crippen MR) is 81.2 cm³/mol. The van der Waals surface area contributed by atoms with Gasteiger partial charge in [0.15, 0.2) is 0 Å². The number of hydrogen-bond donors (Lipinski definition) is 0. The van der Waals surface area contributed by atoms with Gasteiger partial charge in [-0.15, -0.1) is 0 Å². The minimum Gasteiger partial charge on any atom is -0.456 e. The van der Waals surface area contributed by atoms with Gasteiger partial charge in [0, 0.05) is 0 Å². The lowest BCUT2D eigenvalue weighted by molar-refractivity contribution is 0.480. The molecule has 2 aromatic carbocycles. The first kappa shape index (κ1) is 14.1. The second-order valence-corrected chi connectivity index (χ2v) is 5.39. The third-order valence-electron chi connectivity index (χ3n) is 3.35. The van der Waals surface area contributed by atoms with Crippen LogP contribution in [0.1, 0.15) is 42.0 Å². The van der Waals surface area contributed by atoms with Crippen LogP contribution >= 0.6 is 0 Å². The first-order valence-electron chi connectivity index (χ1n) is 6.80. The Morgan fingerprint density at radius 3 is 2.40 bits per heavy atom. The van der Waals surface area contributed by atoms with Gasteiger partial charge in [0.05, 0.1) is 5.56 Å². The van der Waals surface area contributed by atoms with Gasteiger partial charge in [-0.2, -0.15) is 5.26 Å². The zero-order chi connectivity index (χ0) is 14.7. The van der Waals surface area contributed by atoms with Crippen molar-refractivity contribution in [2.24, 2.45) is 0 Å². The van der Waals surface area contributed by atoms with Gasteiger partial charge in [0.25, 0.3) is 0 Å². The van der Waals surface area contributed by atoms with Crippen molar-refractivity contribution in [2.75, 3.05) is 0 Å². The van der Waals surface area contributed by atoms with Crippen LogP contribution in [0.4, 0.5) is 0 Å². The molecule has 0 amide bonds. The SMILES string of the molecule is Cc1ccc(Oc2ccc(C(C)C)c(C)c2)c(C#N)c1. The molecule has 2 rings (SSSR count). The average molecular weight is 265 g/mol. The van der Waals surface area contributed by atoms with Crippen molar-refractivity contribution in [1.82, 2.24) is 0 Å². The first-order chi connectivity index (χ1) is 9.51. The summed E-state index contributed by atoms with van der Waals surface area (Å²) in [5.41, 5.74) is 4.15. The molecule has 0 saturated heterocycles. The van der Waals surface area contributed by atoms with E-state index < -0.39 is 0 Å². The standard InChI is InChI=1S/C18H19NO/c1-12(2)17-7-6-16(10-14(17)4)20-18-8-5-13(3)9-15(18)11-19/h5-10,12H,1-4H3. The number of benzene rings is 2. The third kappa shape index (κ3) is 3.00. The smallest absolute Gasteiger partial charge is 0.145 e. The Kier molecular flexibility index (Phi) is 4.10. The quantitative estimate of drug-likeness (QED) is 0.774. The molecule has 2 aromatic rings. The Morgan fingerprint density at radius 2 is 1.80 bits per heavy atom. The number of aryl methyl sites for hydroxylation is 2. The van der Waals surface area contributed by atoms with E-state index in [4.69, 9.17) is 10.00 Å². The zero-order valence-corrected chi connectivity index (χ0v) is 12.4. The van der Waals surface area contributed by atoms with Crippen LogP contribution < -0.4 is 4.74 Å². The highest BCUT2D eigenvalue weighted by molar-refractivity contribution is 5.48. The van der Waals surface area contributed by atoms with Crippen LogP contribution in [-0.2, 0) is 0 Å². The van der Waals surface area contributed by atoms with E-state index in [1.165, 1.54) is 11.1 Å². The van der Waals surface area contributed by atoms with Crippen LogP contribution in [0.2, 0.25) is 0 Å². The molecule has 0 aliphatic carbocycles. The van der Waals surface area contributed by atoms with Crippen molar-refractivity contribution in [2.45, 2.75) is 33.6 Å². The Bertz CT molecular complexity index is 666. The molecule has 0 saturated carbocycles. The summed E-state index contributed by atoms with van der Waals surface area (Å²) in [6.45, 7) is 8.40. The van der Waals surface area contributed by atoms with Crippen LogP contribution in [0.3, 0.4) is 0 Å². The fourth-order valence-electron chi connectivity index (χ4n) is 2.31. The second kappa shape index (κ2) is 5.79. The molecular weight excluding hydrogens is 246 g/mol. The number of nitrogens with zero attached hydrogens (tertiary/aromatic N) is 1. The monoisotopic (exact) mass is 265 g/mol. The minimum absolute atomic E-state index is 0.498. The van der Waals surface area contributed by atoms with E-state index in [0.29, 0.717) is 17.2 Å². The summed E-state index contributed by atoms with van der Waals surface area (Å²) in [7, 11) is 0. The lowest BCUT2D eigenvalue weighted by Gasteiger charge is -2.13. The van der Waals surface area contributed by atoms with E-state index >= 15 is 0 Å². The maximum Gasteiger partial charge on any atom is 0.145 e. The maximum atomic E-state index is 9.16. The highest BCUT2D eigenvalue weighted by atomic mass is 16.5. The van der Waals surface area contributed by atoms with Crippen molar-refractivity contribution in [3.05, 3.63) is 58.7 Å². The molecule has 0 unspecified atom stereocenters. The van der Waals surface area contributed by atoms with Crippen LogP contribution in [0.15, 0.2) is 36.4 Å². The topological polar surface area (TPSA) is 33.0 Å². The van der Waals surface area contributed by atoms with E-state index in [0.717, 1.165) is 11.3 Å². The average Bonchev–Trinajstić information content (AvgIpc) is 2.40. The zero-order valence-electron chi connectivity index (χ0n) is 12.4. The minimum atomic E-state index is 0.498. The van der Waals surface area contributed by atoms with E-state index in [1.54, 1.807) is 0 Å². The summed E-state index contributed by atoms with van der Waals surface area (Å²) in [5, 5.41) is 9.16. The van der Waals surface area contributed by atoms with Gasteiger partial charge in [-0.05, 0) is 60.7 Å². The van der Waals surface area contributed by atoms with Crippen molar-refractivity contribution in [3.8, 4) is 17.6 Å². The van der Waals surface area contributed by atoms with E-state index in [-0.39, 0.29) is 0 Å². The van der Waals surface area contributed by atoms with Crippen LogP contribution in [0.25, 0.3) is 0 Å². The first-order valence-corrected chi connectivity index (χ1v) is 6.80.